The average molecular weight is 333 g/mol. The molecule has 126 valence electrons. The first kappa shape index (κ1) is 16.1. The van der Waals surface area contributed by atoms with Crippen molar-refractivity contribution in [3.8, 4) is 0 Å². The number of benzene rings is 1. The Hall–Kier alpha value is -2.77. The van der Waals surface area contributed by atoms with E-state index >= 15 is 0 Å². The van der Waals surface area contributed by atoms with Gasteiger partial charge in [-0.2, -0.15) is 0 Å². The van der Waals surface area contributed by atoms with E-state index < -0.39 is 36.2 Å². The lowest BCUT2D eigenvalue weighted by Gasteiger charge is -2.18. The number of urea groups is 1. The predicted molar refractivity (Wildman–Crippen MR) is 80.0 cm³/mol. The third-order valence-electron chi connectivity index (χ3n) is 4.18. The summed E-state index contributed by atoms with van der Waals surface area (Å²) in [5.74, 6) is -2.38. The first-order chi connectivity index (χ1) is 11.5. The molecule has 0 bridgehead atoms. The zero-order valence-electron chi connectivity index (χ0n) is 12.8. The van der Waals surface area contributed by atoms with E-state index in [1.165, 1.54) is 12.1 Å². The summed E-state index contributed by atoms with van der Waals surface area (Å²) in [5, 5.41) is 2.49. The van der Waals surface area contributed by atoms with Crippen molar-refractivity contribution in [2.75, 3.05) is 19.6 Å². The number of amides is 5. The van der Waals surface area contributed by atoms with Crippen LogP contribution >= 0.6 is 0 Å². The molecule has 2 heterocycles. The van der Waals surface area contributed by atoms with Gasteiger partial charge in [-0.25, -0.2) is 9.18 Å². The first-order valence-corrected chi connectivity index (χ1v) is 7.62. The van der Waals surface area contributed by atoms with Gasteiger partial charge < -0.3 is 5.32 Å². The van der Waals surface area contributed by atoms with Crippen LogP contribution < -0.4 is 5.32 Å². The number of carbonyl (C=O) groups is 4. The molecule has 2 aliphatic rings. The molecule has 0 spiro atoms. The Bertz CT molecular complexity index is 704. The highest BCUT2D eigenvalue weighted by molar-refractivity contribution is 6.07. The zero-order chi connectivity index (χ0) is 17.3. The molecule has 24 heavy (non-hydrogen) atoms. The Morgan fingerprint density at radius 2 is 1.92 bits per heavy atom. The van der Waals surface area contributed by atoms with Gasteiger partial charge in [0.2, 0.25) is 11.8 Å². The number of halogens is 1. The number of likely N-dealkylation sites (tertiary alicyclic amines) is 1. The molecule has 1 unspecified atom stereocenters. The molecule has 0 saturated carbocycles. The lowest BCUT2D eigenvalue weighted by molar-refractivity contribution is -0.145. The van der Waals surface area contributed by atoms with E-state index in [2.05, 4.69) is 5.32 Å². The van der Waals surface area contributed by atoms with Gasteiger partial charge in [-0.1, -0.05) is 12.1 Å². The number of nitrogens with one attached hydrogen (secondary N) is 1. The van der Waals surface area contributed by atoms with Crippen LogP contribution in [0, 0.1) is 11.7 Å². The molecule has 2 saturated heterocycles. The summed E-state index contributed by atoms with van der Waals surface area (Å²) in [6.45, 7) is 0.164. The van der Waals surface area contributed by atoms with E-state index in [1.54, 1.807) is 12.1 Å². The maximum absolute atomic E-state index is 12.9. The van der Waals surface area contributed by atoms with Gasteiger partial charge >= 0.3 is 6.03 Å². The highest BCUT2D eigenvalue weighted by Gasteiger charge is 2.40. The Kier molecular flexibility index (Phi) is 4.28. The lowest BCUT2D eigenvalue weighted by Crippen LogP contribution is -2.44. The molecule has 0 aromatic heterocycles. The first-order valence-electron chi connectivity index (χ1n) is 7.62. The van der Waals surface area contributed by atoms with Crippen molar-refractivity contribution in [3.63, 3.8) is 0 Å². The van der Waals surface area contributed by atoms with Gasteiger partial charge in [-0.05, 0) is 24.1 Å². The van der Waals surface area contributed by atoms with E-state index in [0.29, 0.717) is 13.0 Å². The van der Waals surface area contributed by atoms with Crippen molar-refractivity contribution in [2.24, 2.45) is 5.92 Å². The summed E-state index contributed by atoms with van der Waals surface area (Å²) in [6, 6.07) is 5.21. The largest absolute Gasteiger partial charge is 0.336 e. The van der Waals surface area contributed by atoms with Gasteiger partial charge in [0, 0.05) is 19.5 Å². The molecule has 5 amide bonds. The van der Waals surface area contributed by atoms with Gasteiger partial charge in [0.15, 0.2) is 0 Å². The Morgan fingerprint density at radius 1 is 1.21 bits per heavy atom. The SMILES string of the molecule is O=C(CN1C(=O)CC(Cc2ccc(F)cc2)C1=O)N1CCNC1=O. The number of hydrogen-bond acceptors (Lipinski definition) is 4. The van der Waals surface area contributed by atoms with Gasteiger partial charge in [0.05, 0.1) is 5.92 Å². The fourth-order valence-electron chi connectivity index (χ4n) is 2.91. The van der Waals surface area contributed by atoms with Gasteiger partial charge in [-0.3, -0.25) is 24.2 Å². The molecule has 1 aromatic rings. The molecule has 1 atom stereocenters. The fraction of sp³-hybridized carbons (Fsp3) is 0.375. The zero-order valence-corrected chi connectivity index (χ0v) is 12.8. The Labute approximate surface area is 137 Å². The molecular formula is C16H16FN3O4. The van der Waals surface area contributed by atoms with Crippen LogP contribution in [0.3, 0.4) is 0 Å². The molecule has 2 aliphatic heterocycles. The Morgan fingerprint density at radius 3 is 2.54 bits per heavy atom. The molecule has 0 radical (unpaired) electrons. The number of nitrogens with zero attached hydrogens (tertiary/aromatic N) is 2. The van der Waals surface area contributed by atoms with Crippen molar-refractivity contribution < 1.29 is 23.6 Å². The summed E-state index contributed by atoms with van der Waals surface area (Å²) in [7, 11) is 0. The van der Waals surface area contributed by atoms with E-state index in [4.69, 9.17) is 0 Å². The highest BCUT2D eigenvalue weighted by atomic mass is 19.1. The lowest BCUT2D eigenvalue weighted by atomic mass is 9.98. The number of hydrogen-bond donors (Lipinski definition) is 1. The molecular weight excluding hydrogens is 317 g/mol. The fourth-order valence-corrected chi connectivity index (χ4v) is 2.91. The molecule has 1 N–H and O–H groups in total. The number of carbonyl (C=O) groups excluding carboxylic acids is 4. The second kappa shape index (κ2) is 6.38. The maximum atomic E-state index is 12.9. The van der Waals surface area contributed by atoms with Crippen LogP contribution in [0.2, 0.25) is 0 Å². The smallest absolute Gasteiger partial charge is 0.324 e. The molecule has 2 fully saturated rings. The molecule has 8 heteroatoms. The second-order valence-electron chi connectivity index (χ2n) is 5.83. The summed E-state index contributed by atoms with van der Waals surface area (Å²) >= 11 is 0. The Balaban J connectivity index is 1.64. The second-order valence-corrected chi connectivity index (χ2v) is 5.83. The van der Waals surface area contributed by atoms with Gasteiger partial charge in [-0.15, -0.1) is 0 Å². The standard InChI is InChI=1S/C16H16FN3O4/c17-12-3-1-10(2-4-12)7-11-8-13(21)20(15(11)23)9-14(22)19-6-5-18-16(19)24/h1-4,11H,5-9H2,(H,18,24). The van der Waals surface area contributed by atoms with Crippen LogP contribution in [0.25, 0.3) is 0 Å². The molecule has 7 nitrogen and oxygen atoms in total. The summed E-state index contributed by atoms with van der Waals surface area (Å²) in [5.41, 5.74) is 0.745. The van der Waals surface area contributed by atoms with Crippen LogP contribution in [-0.4, -0.2) is 53.2 Å². The van der Waals surface area contributed by atoms with Crippen molar-refractivity contribution in [2.45, 2.75) is 12.8 Å². The van der Waals surface area contributed by atoms with Crippen LogP contribution in [0.4, 0.5) is 9.18 Å². The van der Waals surface area contributed by atoms with E-state index in [0.717, 1.165) is 15.4 Å². The van der Waals surface area contributed by atoms with Crippen LogP contribution in [0.1, 0.15) is 12.0 Å². The average Bonchev–Trinajstić information content (AvgIpc) is 3.08. The van der Waals surface area contributed by atoms with Crippen molar-refractivity contribution in [1.29, 1.82) is 0 Å². The summed E-state index contributed by atoms with van der Waals surface area (Å²) < 4.78 is 12.9. The number of imide groups is 2. The highest BCUT2D eigenvalue weighted by Crippen LogP contribution is 2.24. The van der Waals surface area contributed by atoms with Gasteiger partial charge in [0.1, 0.15) is 12.4 Å². The van der Waals surface area contributed by atoms with Crippen molar-refractivity contribution >= 4 is 23.8 Å². The van der Waals surface area contributed by atoms with Crippen LogP contribution in [0.5, 0.6) is 0 Å². The van der Waals surface area contributed by atoms with Gasteiger partial charge in [0.25, 0.3) is 5.91 Å². The molecule has 1 aromatic carbocycles. The third kappa shape index (κ3) is 3.12. The number of rotatable bonds is 4. The van der Waals surface area contributed by atoms with E-state index in [-0.39, 0.29) is 18.8 Å². The third-order valence-corrected chi connectivity index (χ3v) is 4.18. The topological polar surface area (TPSA) is 86.8 Å². The van der Waals surface area contributed by atoms with Crippen molar-refractivity contribution in [1.82, 2.24) is 15.1 Å². The predicted octanol–water partition coefficient (Wildman–Crippen LogP) is 0.295. The molecule has 0 aliphatic carbocycles. The quantitative estimate of drug-likeness (QED) is 0.803. The minimum Gasteiger partial charge on any atom is -0.336 e. The van der Waals surface area contributed by atoms with Crippen molar-refractivity contribution in [3.05, 3.63) is 35.6 Å². The normalized spacial score (nSPS) is 20.7. The maximum Gasteiger partial charge on any atom is 0.324 e. The van der Waals surface area contributed by atoms with E-state index in [9.17, 15) is 23.6 Å². The molecule has 3 rings (SSSR count). The minimum absolute atomic E-state index is 0.00961. The van der Waals surface area contributed by atoms with E-state index in [1.807, 2.05) is 0 Å². The van der Waals surface area contributed by atoms with Crippen LogP contribution in [0.15, 0.2) is 24.3 Å². The monoisotopic (exact) mass is 333 g/mol. The minimum atomic E-state index is -0.575. The summed E-state index contributed by atoms with van der Waals surface area (Å²) in [6.07, 6.45) is 0.315. The summed E-state index contributed by atoms with van der Waals surface area (Å²) in [4.78, 5) is 49.9. The van der Waals surface area contributed by atoms with Crippen LogP contribution in [-0.2, 0) is 20.8 Å².